The Kier molecular flexibility index (Phi) is 7.39. The van der Waals surface area contributed by atoms with Gasteiger partial charge in [-0.25, -0.2) is 0 Å². The summed E-state index contributed by atoms with van der Waals surface area (Å²) in [5.41, 5.74) is 9.61. The van der Waals surface area contributed by atoms with Gasteiger partial charge < -0.3 is 18.6 Å². The molecule has 5 heteroatoms. The van der Waals surface area contributed by atoms with Crippen molar-refractivity contribution < 1.29 is 13.7 Å². The standard InChI is InChI=1S/C46H38BNO3/c1-45(2)46(3,4)51-47(50-45)40-20-13-21-42-43(40)39-30-41(37-18-11-12-19-38(37)44(39)49-42)48(35-26-22-33(23-27-35)31-14-7-5-8-15-31)36-28-24-34(25-29-36)32-16-9-6-10-17-32/h5-30H,1-4H3. The average molecular weight is 664 g/mol. The van der Waals surface area contributed by atoms with Gasteiger partial charge in [-0.05, 0) is 91.8 Å². The molecule has 9 rings (SSSR count). The van der Waals surface area contributed by atoms with Gasteiger partial charge >= 0.3 is 7.12 Å². The first-order chi connectivity index (χ1) is 24.8. The molecule has 4 nitrogen and oxygen atoms in total. The monoisotopic (exact) mass is 663 g/mol. The normalized spacial score (nSPS) is 15.2. The second kappa shape index (κ2) is 12.0. The van der Waals surface area contributed by atoms with Crippen molar-refractivity contribution in [3.63, 3.8) is 0 Å². The number of furan rings is 1. The Morgan fingerprint density at radius 2 is 0.961 bits per heavy atom. The molecule has 1 fully saturated rings. The fraction of sp³-hybridized carbons (Fsp3) is 0.130. The molecule has 0 spiro atoms. The lowest BCUT2D eigenvalue weighted by atomic mass is 9.76. The summed E-state index contributed by atoms with van der Waals surface area (Å²) in [6, 6.07) is 55.7. The van der Waals surface area contributed by atoms with Crippen molar-refractivity contribution in [1.29, 1.82) is 0 Å². The molecule has 248 valence electrons. The van der Waals surface area contributed by atoms with Crippen LogP contribution in [0.4, 0.5) is 17.1 Å². The SMILES string of the molecule is CC1(C)OB(c2cccc3oc4c5ccccc5c(N(c5ccc(-c6ccccc6)cc5)c5ccc(-c6ccccc6)cc5)cc4c23)OC1(C)C. The molecule has 0 bridgehead atoms. The summed E-state index contributed by atoms with van der Waals surface area (Å²) in [5, 5.41) is 4.18. The maximum atomic E-state index is 6.72. The highest BCUT2D eigenvalue weighted by Gasteiger charge is 2.52. The van der Waals surface area contributed by atoms with Crippen LogP contribution in [0.1, 0.15) is 27.7 Å². The number of fused-ring (bicyclic) bond motifs is 5. The molecule has 1 saturated heterocycles. The maximum absolute atomic E-state index is 6.72. The molecule has 1 aliphatic rings. The predicted octanol–water partition coefficient (Wildman–Crippen LogP) is 11.8. The van der Waals surface area contributed by atoms with Gasteiger partial charge in [0.25, 0.3) is 0 Å². The van der Waals surface area contributed by atoms with E-state index in [2.05, 4.69) is 178 Å². The van der Waals surface area contributed by atoms with E-state index < -0.39 is 18.3 Å². The van der Waals surface area contributed by atoms with Gasteiger partial charge in [-0.3, -0.25) is 0 Å². The van der Waals surface area contributed by atoms with Gasteiger partial charge in [0.1, 0.15) is 11.2 Å². The van der Waals surface area contributed by atoms with E-state index >= 15 is 0 Å². The van der Waals surface area contributed by atoms with Crippen molar-refractivity contribution in [2.75, 3.05) is 4.90 Å². The smallest absolute Gasteiger partial charge is 0.455 e. The van der Waals surface area contributed by atoms with Crippen LogP contribution in [0.5, 0.6) is 0 Å². The summed E-state index contributed by atoms with van der Waals surface area (Å²) in [7, 11) is -0.526. The molecular formula is C46H38BNO3. The molecule has 7 aromatic carbocycles. The van der Waals surface area contributed by atoms with Gasteiger partial charge in [-0.15, -0.1) is 0 Å². The second-order valence-electron chi connectivity index (χ2n) is 14.4. The molecule has 0 aliphatic carbocycles. The van der Waals surface area contributed by atoms with E-state index in [4.69, 9.17) is 13.7 Å². The molecule has 0 saturated carbocycles. The third kappa shape index (κ3) is 5.32. The minimum atomic E-state index is -0.526. The Bertz CT molecular complexity index is 2420. The summed E-state index contributed by atoms with van der Waals surface area (Å²) in [5.74, 6) is 0. The van der Waals surface area contributed by atoms with Crippen LogP contribution in [0.2, 0.25) is 0 Å². The van der Waals surface area contributed by atoms with Gasteiger partial charge in [0.05, 0.1) is 16.9 Å². The molecule has 1 aromatic heterocycles. The van der Waals surface area contributed by atoms with E-state index in [1.165, 1.54) is 22.3 Å². The summed E-state index contributed by atoms with van der Waals surface area (Å²) in [4.78, 5) is 2.36. The van der Waals surface area contributed by atoms with E-state index in [1.807, 2.05) is 12.1 Å². The van der Waals surface area contributed by atoms with Crippen molar-refractivity contribution in [3.05, 3.63) is 158 Å². The van der Waals surface area contributed by atoms with Crippen LogP contribution in [-0.4, -0.2) is 18.3 Å². The lowest BCUT2D eigenvalue weighted by molar-refractivity contribution is 0.00578. The number of benzene rings is 7. The highest BCUT2D eigenvalue weighted by atomic mass is 16.7. The van der Waals surface area contributed by atoms with Crippen molar-refractivity contribution in [2.24, 2.45) is 0 Å². The summed E-state index contributed by atoms with van der Waals surface area (Å²) >= 11 is 0. The lowest BCUT2D eigenvalue weighted by Crippen LogP contribution is -2.41. The van der Waals surface area contributed by atoms with Crippen LogP contribution >= 0.6 is 0 Å². The zero-order chi connectivity index (χ0) is 34.7. The Balaban J connectivity index is 1.27. The average Bonchev–Trinajstić information content (AvgIpc) is 3.65. The molecule has 0 unspecified atom stereocenters. The van der Waals surface area contributed by atoms with Crippen LogP contribution in [0.25, 0.3) is 55.0 Å². The quantitative estimate of drug-likeness (QED) is 0.166. The molecule has 0 radical (unpaired) electrons. The highest BCUT2D eigenvalue weighted by molar-refractivity contribution is 6.66. The zero-order valence-corrected chi connectivity index (χ0v) is 29.3. The van der Waals surface area contributed by atoms with Gasteiger partial charge in [0.2, 0.25) is 0 Å². The topological polar surface area (TPSA) is 34.8 Å². The van der Waals surface area contributed by atoms with E-state index in [9.17, 15) is 0 Å². The van der Waals surface area contributed by atoms with Gasteiger partial charge in [-0.1, -0.05) is 121 Å². The fourth-order valence-electron chi connectivity index (χ4n) is 7.30. The number of hydrogen-bond donors (Lipinski definition) is 0. The maximum Gasteiger partial charge on any atom is 0.495 e. The Morgan fingerprint density at radius 3 is 1.51 bits per heavy atom. The summed E-state index contributed by atoms with van der Waals surface area (Å²) < 4.78 is 19.9. The number of hydrogen-bond acceptors (Lipinski definition) is 4. The zero-order valence-electron chi connectivity index (χ0n) is 29.3. The third-order valence-electron chi connectivity index (χ3n) is 10.7. The van der Waals surface area contributed by atoms with Crippen LogP contribution in [0.3, 0.4) is 0 Å². The van der Waals surface area contributed by atoms with Crippen LogP contribution in [0, 0.1) is 0 Å². The molecule has 0 atom stereocenters. The Morgan fingerprint density at radius 1 is 0.471 bits per heavy atom. The van der Waals surface area contributed by atoms with E-state index in [1.54, 1.807) is 0 Å². The van der Waals surface area contributed by atoms with Crippen molar-refractivity contribution in [3.8, 4) is 22.3 Å². The fourth-order valence-corrected chi connectivity index (χ4v) is 7.30. The van der Waals surface area contributed by atoms with E-state index in [0.29, 0.717) is 0 Å². The number of nitrogens with zero attached hydrogens (tertiary/aromatic N) is 1. The van der Waals surface area contributed by atoms with E-state index in [0.717, 1.165) is 55.2 Å². The largest absolute Gasteiger partial charge is 0.495 e. The van der Waals surface area contributed by atoms with Crippen molar-refractivity contribution in [1.82, 2.24) is 0 Å². The molecule has 51 heavy (non-hydrogen) atoms. The molecule has 0 N–H and O–H groups in total. The minimum Gasteiger partial charge on any atom is -0.455 e. The Hall–Kier alpha value is -5.62. The first-order valence-corrected chi connectivity index (χ1v) is 17.6. The molecule has 8 aromatic rings. The van der Waals surface area contributed by atoms with Gasteiger partial charge in [-0.2, -0.15) is 0 Å². The lowest BCUT2D eigenvalue weighted by Gasteiger charge is -2.32. The summed E-state index contributed by atoms with van der Waals surface area (Å²) in [6.07, 6.45) is 0. The van der Waals surface area contributed by atoms with Crippen molar-refractivity contribution in [2.45, 2.75) is 38.9 Å². The van der Waals surface area contributed by atoms with E-state index in [-0.39, 0.29) is 0 Å². The Labute approximate surface area is 299 Å². The predicted molar refractivity (Wildman–Crippen MR) is 212 cm³/mol. The van der Waals surface area contributed by atoms with Crippen LogP contribution < -0.4 is 10.4 Å². The van der Waals surface area contributed by atoms with Crippen LogP contribution in [-0.2, 0) is 9.31 Å². The van der Waals surface area contributed by atoms with Gasteiger partial charge in [0.15, 0.2) is 0 Å². The van der Waals surface area contributed by atoms with Crippen molar-refractivity contribution >= 4 is 62.4 Å². The van der Waals surface area contributed by atoms with Crippen LogP contribution in [0.15, 0.2) is 162 Å². The first kappa shape index (κ1) is 31.4. The molecule has 1 aliphatic heterocycles. The molecular weight excluding hydrogens is 625 g/mol. The molecule has 2 heterocycles. The minimum absolute atomic E-state index is 0.466. The molecule has 0 amide bonds. The third-order valence-corrected chi connectivity index (χ3v) is 10.7. The summed E-state index contributed by atoms with van der Waals surface area (Å²) in [6.45, 7) is 8.37. The number of anilines is 3. The van der Waals surface area contributed by atoms with Gasteiger partial charge in [0, 0.05) is 32.9 Å². The second-order valence-corrected chi connectivity index (χ2v) is 14.4. The first-order valence-electron chi connectivity index (χ1n) is 17.6. The highest BCUT2D eigenvalue weighted by Crippen LogP contribution is 2.45. The number of rotatable bonds is 6.